The normalized spacial score (nSPS) is 17.9. The Kier molecular flexibility index (Phi) is 4.57. The minimum atomic E-state index is -0.299. The molecule has 2 rings (SSSR count). The van der Waals surface area contributed by atoms with Crippen LogP contribution in [0.5, 0.6) is 0 Å². The molecule has 0 aliphatic carbocycles. The first-order chi connectivity index (χ1) is 9.18. The molecule has 0 spiro atoms. The van der Waals surface area contributed by atoms with Crippen molar-refractivity contribution in [1.82, 2.24) is 9.88 Å². The number of hydrogen-bond donors (Lipinski definition) is 1. The van der Waals surface area contributed by atoms with Crippen molar-refractivity contribution in [1.29, 1.82) is 0 Å². The molecule has 1 saturated heterocycles. The number of thiazole rings is 1. The summed E-state index contributed by atoms with van der Waals surface area (Å²) >= 11 is 1.81. The monoisotopic (exact) mass is 295 g/mol. The molecule has 0 atom stereocenters. The van der Waals surface area contributed by atoms with Gasteiger partial charge in [0.15, 0.2) is 0 Å². The van der Waals surface area contributed by atoms with Crippen molar-refractivity contribution in [2.45, 2.75) is 64.8 Å². The van der Waals surface area contributed by atoms with E-state index in [0.717, 1.165) is 13.0 Å². The number of rotatable bonds is 4. The number of nitrogens with two attached hydrogens (primary N) is 1. The first kappa shape index (κ1) is 15.9. The molecule has 0 saturated carbocycles. The van der Waals surface area contributed by atoms with Crippen LogP contribution in [0.15, 0.2) is 0 Å². The number of likely N-dealkylation sites (tertiary alicyclic amines) is 1. The molecule has 0 aromatic carbocycles. The molecule has 0 radical (unpaired) electrons. The first-order valence-electron chi connectivity index (χ1n) is 7.70. The second-order valence-corrected chi connectivity index (χ2v) is 8.64. The highest BCUT2D eigenvalue weighted by molar-refractivity contribution is 7.11. The van der Waals surface area contributed by atoms with Crippen molar-refractivity contribution in [3.8, 4) is 0 Å². The maximum Gasteiger partial charge on any atom is 0.0944 e. The molecule has 20 heavy (non-hydrogen) atoms. The van der Waals surface area contributed by atoms with Crippen molar-refractivity contribution < 1.29 is 0 Å². The van der Waals surface area contributed by atoms with Gasteiger partial charge in [0.25, 0.3) is 0 Å². The van der Waals surface area contributed by atoms with E-state index in [1.807, 2.05) is 11.3 Å². The predicted molar refractivity (Wildman–Crippen MR) is 87.4 cm³/mol. The summed E-state index contributed by atoms with van der Waals surface area (Å²) in [6.07, 6.45) is 3.77. The fourth-order valence-corrected chi connectivity index (χ4v) is 3.95. The summed E-state index contributed by atoms with van der Waals surface area (Å²) in [5, 5.41) is 1.25. The molecule has 1 aliphatic heterocycles. The van der Waals surface area contributed by atoms with E-state index in [-0.39, 0.29) is 11.0 Å². The van der Waals surface area contributed by atoms with E-state index in [1.165, 1.54) is 41.5 Å². The van der Waals surface area contributed by atoms with Crippen LogP contribution < -0.4 is 5.73 Å². The van der Waals surface area contributed by atoms with Crippen LogP contribution in [0.4, 0.5) is 0 Å². The molecular formula is C16H29N3S. The Balaban J connectivity index is 2.16. The Morgan fingerprint density at radius 1 is 1.15 bits per heavy atom. The van der Waals surface area contributed by atoms with Gasteiger partial charge in [-0.05, 0) is 39.8 Å². The highest BCUT2D eigenvalue weighted by Crippen LogP contribution is 2.35. The third kappa shape index (κ3) is 3.80. The van der Waals surface area contributed by atoms with Crippen LogP contribution in [0, 0.1) is 0 Å². The van der Waals surface area contributed by atoms with Crippen molar-refractivity contribution in [2.24, 2.45) is 5.73 Å². The second-order valence-electron chi connectivity index (χ2n) is 7.56. The lowest BCUT2D eigenvalue weighted by Gasteiger charge is -2.24. The van der Waals surface area contributed by atoms with Crippen LogP contribution in [0.25, 0.3) is 0 Å². The van der Waals surface area contributed by atoms with Gasteiger partial charge in [0.1, 0.15) is 0 Å². The van der Waals surface area contributed by atoms with E-state index in [9.17, 15) is 0 Å². The Labute approximate surface area is 127 Å². The Morgan fingerprint density at radius 2 is 1.75 bits per heavy atom. The van der Waals surface area contributed by atoms with Gasteiger partial charge in [0, 0.05) is 28.8 Å². The van der Waals surface area contributed by atoms with E-state index < -0.39 is 0 Å². The zero-order valence-electron chi connectivity index (χ0n) is 13.6. The van der Waals surface area contributed by atoms with Gasteiger partial charge < -0.3 is 10.6 Å². The van der Waals surface area contributed by atoms with Gasteiger partial charge in [-0.3, -0.25) is 0 Å². The topological polar surface area (TPSA) is 42.2 Å². The maximum absolute atomic E-state index is 6.35. The lowest BCUT2D eigenvalue weighted by atomic mass is 9.87. The summed E-state index contributed by atoms with van der Waals surface area (Å²) in [6.45, 7) is 14.5. The third-order valence-corrected chi connectivity index (χ3v) is 5.26. The van der Waals surface area contributed by atoms with E-state index in [0.29, 0.717) is 0 Å². The summed E-state index contributed by atoms with van der Waals surface area (Å²) in [6, 6.07) is 0. The molecule has 0 amide bonds. The van der Waals surface area contributed by atoms with Crippen molar-refractivity contribution >= 4 is 11.3 Å². The predicted octanol–water partition coefficient (Wildman–Crippen LogP) is 3.27. The second kappa shape index (κ2) is 5.74. The first-order valence-corrected chi connectivity index (χ1v) is 8.51. The summed E-state index contributed by atoms with van der Waals surface area (Å²) in [5.74, 6) is 0. The average molecular weight is 295 g/mol. The Morgan fingerprint density at radius 3 is 2.20 bits per heavy atom. The standard InChI is InChI=1S/C16H29N3S/c1-15(2,3)13-14(16(4,5)17)20-12(18-13)8-11-19-9-6-7-10-19/h6-11,17H2,1-5H3. The molecular weight excluding hydrogens is 266 g/mol. The van der Waals surface area contributed by atoms with Crippen molar-refractivity contribution in [3.05, 3.63) is 15.6 Å². The molecule has 114 valence electrons. The lowest BCUT2D eigenvalue weighted by Crippen LogP contribution is -2.31. The Bertz CT molecular complexity index is 414. The van der Waals surface area contributed by atoms with Gasteiger partial charge in [-0.25, -0.2) is 4.98 Å². The lowest BCUT2D eigenvalue weighted by molar-refractivity contribution is 0.343. The summed E-state index contributed by atoms with van der Waals surface area (Å²) < 4.78 is 0. The molecule has 0 unspecified atom stereocenters. The third-order valence-electron chi connectivity index (χ3n) is 3.81. The van der Waals surface area contributed by atoms with Gasteiger partial charge in [-0.2, -0.15) is 0 Å². The largest absolute Gasteiger partial charge is 0.321 e. The fraction of sp³-hybridized carbons (Fsp3) is 0.812. The number of aromatic nitrogens is 1. The average Bonchev–Trinajstić information content (AvgIpc) is 2.94. The van der Waals surface area contributed by atoms with E-state index >= 15 is 0 Å². The highest BCUT2D eigenvalue weighted by Gasteiger charge is 2.30. The molecule has 3 nitrogen and oxygen atoms in total. The van der Waals surface area contributed by atoms with E-state index in [2.05, 4.69) is 39.5 Å². The van der Waals surface area contributed by atoms with E-state index in [4.69, 9.17) is 10.7 Å². The van der Waals surface area contributed by atoms with Crippen LogP contribution in [-0.4, -0.2) is 29.5 Å². The van der Waals surface area contributed by atoms with Crippen molar-refractivity contribution in [3.63, 3.8) is 0 Å². The van der Waals surface area contributed by atoms with Gasteiger partial charge in [-0.15, -0.1) is 11.3 Å². The molecule has 0 bridgehead atoms. The van der Waals surface area contributed by atoms with Gasteiger partial charge in [0.2, 0.25) is 0 Å². The van der Waals surface area contributed by atoms with Gasteiger partial charge in [-0.1, -0.05) is 20.8 Å². The maximum atomic E-state index is 6.35. The quantitative estimate of drug-likeness (QED) is 0.927. The van der Waals surface area contributed by atoms with Crippen LogP contribution >= 0.6 is 11.3 Å². The van der Waals surface area contributed by atoms with Gasteiger partial charge in [0.05, 0.1) is 10.7 Å². The molecule has 1 aromatic rings. The molecule has 1 aromatic heterocycles. The zero-order chi connectivity index (χ0) is 15.0. The van der Waals surface area contributed by atoms with Crippen LogP contribution in [0.1, 0.15) is 63.0 Å². The minimum absolute atomic E-state index is 0.0639. The number of nitrogens with zero attached hydrogens (tertiary/aromatic N) is 2. The van der Waals surface area contributed by atoms with E-state index in [1.54, 1.807) is 0 Å². The molecule has 4 heteroatoms. The smallest absolute Gasteiger partial charge is 0.0944 e. The number of hydrogen-bond acceptors (Lipinski definition) is 4. The molecule has 1 fully saturated rings. The molecule has 2 N–H and O–H groups in total. The molecule has 1 aliphatic rings. The highest BCUT2D eigenvalue weighted by atomic mass is 32.1. The molecule has 2 heterocycles. The fourth-order valence-electron chi connectivity index (χ4n) is 2.68. The van der Waals surface area contributed by atoms with Crippen LogP contribution in [-0.2, 0) is 17.4 Å². The minimum Gasteiger partial charge on any atom is -0.321 e. The summed E-state index contributed by atoms with van der Waals surface area (Å²) in [7, 11) is 0. The zero-order valence-corrected chi connectivity index (χ0v) is 14.4. The van der Waals surface area contributed by atoms with Crippen LogP contribution in [0.2, 0.25) is 0 Å². The summed E-state index contributed by atoms with van der Waals surface area (Å²) in [5.41, 5.74) is 7.30. The Hall–Kier alpha value is -0.450. The van der Waals surface area contributed by atoms with Crippen molar-refractivity contribution in [2.75, 3.05) is 19.6 Å². The van der Waals surface area contributed by atoms with Gasteiger partial charge >= 0.3 is 0 Å². The summed E-state index contributed by atoms with van der Waals surface area (Å²) in [4.78, 5) is 8.72. The van der Waals surface area contributed by atoms with Crippen LogP contribution in [0.3, 0.4) is 0 Å². The SMILES string of the molecule is CC(C)(C)c1nc(CCN2CCCC2)sc1C(C)(C)N.